The van der Waals surface area contributed by atoms with E-state index in [0.717, 1.165) is 6.42 Å². The number of hydrogen-bond donors (Lipinski definition) is 1. The van der Waals surface area contributed by atoms with Crippen molar-refractivity contribution in [1.29, 1.82) is 0 Å². The number of nitrogens with zero attached hydrogens (tertiary/aromatic N) is 4. The predicted molar refractivity (Wildman–Crippen MR) is 83.4 cm³/mol. The Morgan fingerprint density at radius 2 is 1.92 bits per heavy atom. The van der Waals surface area contributed by atoms with Crippen LogP contribution in [0.25, 0.3) is 0 Å². The average Bonchev–Trinajstić information content (AvgIpc) is 2.95. The first-order valence-corrected chi connectivity index (χ1v) is 8.43. The smallest absolute Gasteiger partial charge is 0.451 e. The number of halogens is 3. The van der Waals surface area contributed by atoms with Crippen molar-refractivity contribution in [2.75, 3.05) is 29.4 Å². The Hall–Kier alpha value is -2.06. The van der Waals surface area contributed by atoms with Gasteiger partial charge in [-0.2, -0.15) is 13.2 Å². The number of rotatable bonds is 4. The Labute approximate surface area is 142 Å². The van der Waals surface area contributed by atoms with Crippen LogP contribution in [0.15, 0.2) is 6.07 Å². The highest BCUT2D eigenvalue weighted by Gasteiger charge is 2.56. The highest BCUT2D eigenvalue weighted by Crippen LogP contribution is 2.54. The molecule has 3 aliphatic rings. The van der Waals surface area contributed by atoms with E-state index in [-0.39, 0.29) is 36.0 Å². The maximum Gasteiger partial charge on any atom is 0.451 e. The zero-order chi connectivity index (χ0) is 17.9. The maximum absolute atomic E-state index is 13.2. The monoisotopic (exact) mass is 356 g/mol. The molecule has 1 saturated carbocycles. The molecule has 2 aliphatic heterocycles. The fourth-order valence-corrected chi connectivity index (χ4v) is 4.06. The molecule has 0 aromatic carbocycles. The largest absolute Gasteiger partial charge is 0.481 e. The minimum absolute atomic E-state index is 0.136. The second-order valence-electron chi connectivity index (χ2n) is 7.23. The van der Waals surface area contributed by atoms with Crippen molar-refractivity contribution in [2.24, 2.45) is 17.8 Å². The summed E-state index contributed by atoms with van der Waals surface area (Å²) in [6.07, 6.45) is -3.52. The summed E-state index contributed by atoms with van der Waals surface area (Å²) in [5, 5.41) is 8.88. The molecule has 1 unspecified atom stereocenters. The molecule has 136 valence electrons. The minimum Gasteiger partial charge on any atom is -0.481 e. The number of carboxylic acid groups (broad SMARTS) is 1. The van der Waals surface area contributed by atoms with E-state index in [1.807, 2.05) is 16.7 Å². The van der Waals surface area contributed by atoms with E-state index < -0.39 is 18.0 Å². The fraction of sp³-hybridized carbons (Fsp3) is 0.688. The van der Waals surface area contributed by atoms with Crippen molar-refractivity contribution in [3.05, 3.63) is 11.9 Å². The van der Waals surface area contributed by atoms with Gasteiger partial charge in [0.15, 0.2) is 0 Å². The summed E-state index contributed by atoms with van der Waals surface area (Å²) >= 11 is 0. The number of fused-ring (bicyclic) bond motifs is 1. The summed E-state index contributed by atoms with van der Waals surface area (Å²) in [5.41, 5.74) is 0. The van der Waals surface area contributed by atoms with Gasteiger partial charge in [-0.15, -0.1) is 0 Å². The number of alkyl halides is 3. The number of piperidine rings is 1. The van der Waals surface area contributed by atoms with Crippen LogP contribution in [-0.4, -0.2) is 46.7 Å². The SMILES string of the molecule is C[C@H]1CCN1c1cc(N2C[C@@H]3C(CC(=O)O)[C@@H]3C2)nc(C(F)(F)F)n1. The second kappa shape index (κ2) is 5.47. The van der Waals surface area contributed by atoms with Crippen LogP contribution in [0.4, 0.5) is 24.8 Å². The molecule has 1 aromatic heterocycles. The molecule has 3 heterocycles. The molecule has 0 spiro atoms. The van der Waals surface area contributed by atoms with E-state index in [1.165, 1.54) is 0 Å². The first-order valence-electron chi connectivity index (χ1n) is 8.43. The summed E-state index contributed by atoms with van der Waals surface area (Å²) in [7, 11) is 0. The zero-order valence-corrected chi connectivity index (χ0v) is 13.7. The van der Waals surface area contributed by atoms with Gasteiger partial charge in [-0.1, -0.05) is 0 Å². The molecule has 4 rings (SSSR count). The molecule has 1 aromatic rings. The fourth-order valence-electron chi connectivity index (χ4n) is 4.06. The molecule has 1 N–H and O–H groups in total. The minimum atomic E-state index is -4.59. The number of aliphatic carboxylic acids is 1. The van der Waals surface area contributed by atoms with Gasteiger partial charge in [0.2, 0.25) is 5.82 Å². The molecule has 9 heteroatoms. The predicted octanol–water partition coefficient (Wildman–Crippen LogP) is 2.25. The van der Waals surface area contributed by atoms with Crippen LogP contribution < -0.4 is 9.80 Å². The number of carboxylic acids is 1. The van der Waals surface area contributed by atoms with Gasteiger partial charge >= 0.3 is 12.1 Å². The Kier molecular flexibility index (Phi) is 3.59. The van der Waals surface area contributed by atoms with Crippen LogP contribution in [0.3, 0.4) is 0 Å². The van der Waals surface area contributed by atoms with Crippen LogP contribution in [0, 0.1) is 17.8 Å². The van der Waals surface area contributed by atoms with E-state index in [0.29, 0.717) is 25.5 Å². The highest BCUT2D eigenvalue weighted by atomic mass is 19.4. The summed E-state index contributed by atoms with van der Waals surface area (Å²) in [6.45, 7) is 3.78. The number of carbonyl (C=O) groups is 1. The third-order valence-corrected chi connectivity index (χ3v) is 5.67. The lowest BCUT2D eigenvalue weighted by Crippen LogP contribution is -2.46. The molecule has 4 atom stereocenters. The quantitative estimate of drug-likeness (QED) is 0.892. The van der Waals surface area contributed by atoms with Gasteiger partial charge in [0.1, 0.15) is 11.6 Å². The third kappa shape index (κ3) is 2.89. The molecule has 3 fully saturated rings. The Morgan fingerprint density at radius 3 is 2.40 bits per heavy atom. The lowest BCUT2D eigenvalue weighted by molar-refractivity contribution is -0.145. The average molecular weight is 356 g/mol. The summed E-state index contributed by atoms with van der Waals surface area (Å²) in [4.78, 5) is 22.0. The first-order chi connectivity index (χ1) is 11.7. The van der Waals surface area contributed by atoms with Gasteiger partial charge in [-0.25, -0.2) is 9.97 Å². The molecule has 6 nitrogen and oxygen atoms in total. The van der Waals surface area contributed by atoms with Gasteiger partial charge < -0.3 is 14.9 Å². The first kappa shape index (κ1) is 16.4. The van der Waals surface area contributed by atoms with Crippen molar-refractivity contribution >= 4 is 17.6 Å². The van der Waals surface area contributed by atoms with Crippen molar-refractivity contribution in [3.63, 3.8) is 0 Å². The van der Waals surface area contributed by atoms with E-state index in [9.17, 15) is 18.0 Å². The van der Waals surface area contributed by atoms with Crippen LogP contribution >= 0.6 is 0 Å². The molecular formula is C16H19F3N4O2. The standard InChI is InChI=1S/C16H19F3N4O2/c1-8-2-3-23(8)13-5-12(20-15(21-13)16(17,18)19)22-6-10-9(4-14(24)25)11(10)7-22/h5,8-11H,2-4,6-7H2,1H3,(H,24,25)/t8-,9?,10-,11+/m0/s1. The molecule has 2 saturated heterocycles. The molecule has 0 amide bonds. The number of anilines is 2. The van der Waals surface area contributed by atoms with Gasteiger partial charge in [0.05, 0.1) is 0 Å². The van der Waals surface area contributed by atoms with E-state index in [1.54, 1.807) is 6.07 Å². The number of hydrogen-bond acceptors (Lipinski definition) is 5. The van der Waals surface area contributed by atoms with Crippen LogP contribution in [-0.2, 0) is 11.0 Å². The van der Waals surface area contributed by atoms with Crippen LogP contribution in [0.1, 0.15) is 25.6 Å². The molecular weight excluding hydrogens is 337 g/mol. The van der Waals surface area contributed by atoms with E-state index >= 15 is 0 Å². The van der Waals surface area contributed by atoms with Gasteiger partial charge in [-0.3, -0.25) is 4.79 Å². The summed E-state index contributed by atoms with van der Waals surface area (Å²) < 4.78 is 39.5. The topological polar surface area (TPSA) is 69.6 Å². The second-order valence-corrected chi connectivity index (χ2v) is 7.23. The van der Waals surface area contributed by atoms with Crippen molar-refractivity contribution < 1.29 is 23.1 Å². The van der Waals surface area contributed by atoms with Crippen molar-refractivity contribution in [1.82, 2.24) is 9.97 Å². The zero-order valence-electron chi connectivity index (χ0n) is 13.7. The molecule has 0 radical (unpaired) electrons. The molecule has 1 aliphatic carbocycles. The van der Waals surface area contributed by atoms with Crippen LogP contribution in [0.5, 0.6) is 0 Å². The van der Waals surface area contributed by atoms with Crippen molar-refractivity contribution in [2.45, 2.75) is 32.0 Å². The Balaban J connectivity index is 1.56. The summed E-state index contributed by atoms with van der Waals surface area (Å²) in [6, 6.07) is 1.80. The Bertz CT molecular complexity index is 699. The summed E-state index contributed by atoms with van der Waals surface area (Å²) in [5.74, 6) is -0.689. The van der Waals surface area contributed by atoms with Gasteiger partial charge in [0.25, 0.3) is 0 Å². The number of aromatic nitrogens is 2. The molecule has 0 bridgehead atoms. The normalized spacial score (nSPS) is 30.9. The van der Waals surface area contributed by atoms with Crippen molar-refractivity contribution in [3.8, 4) is 0 Å². The third-order valence-electron chi connectivity index (χ3n) is 5.67. The van der Waals surface area contributed by atoms with Gasteiger partial charge in [0, 0.05) is 38.2 Å². The lowest BCUT2D eigenvalue weighted by Gasteiger charge is -2.40. The highest BCUT2D eigenvalue weighted by molar-refractivity contribution is 5.68. The van der Waals surface area contributed by atoms with E-state index in [4.69, 9.17) is 5.11 Å². The maximum atomic E-state index is 13.2. The van der Waals surface area contributed by atoms with Crippen LogP contribution in [0.2, 0.25) is 0 Å². The molecule has 25 heavy (non-hydrogen) atoms. The van der Waals surface area contributed by atoms with Gasteiger partial charge in [-0.05, 0) is 31.1 Å². The lowest BCUT2D eigenvalue weighted by atomic mass is 10.1. The van der Waals surface area contributed by atoms with E-state index in [2.05, 4.69) is 9.97 Å². The Morgan fingerprint density at radius 1 is 1.28 bits per heavy atom.